The topological polar surface area (TPSA) is 37.7 Å². The summed E-state index contributed by atoms with van der Waals surface area (Å²) in [5, 5.41) is 1.12. The lowest BCUT2D eigenvalue weighted by Crippen LogP contribution is -2.60. The van der Waals surface area contributed by atoms with E-state index in [2.05, 4.69) is 32.6 Å². The standard InChI is InChI=1S/C26H33N3O2/c1-31-22-7-8-24-18(15-22)9-12-28(24)17-25(30)29-11-4-5-19-13-20-14-21(26(19)29)16-27-10-3-2-6-23(20)27/h7-9,12-13,15,20-21,23,26H,2-6,10-11,14,16-17H2,1H3/t20-,21-,23?,26?/m0/s1. The average molecular weight is 420 g/mol. The van der Waals surface area contributed by atoms with Gasteiger partial charge in [0.25, 0.3) is 0 Å². The molecule has 3 fully saturated rings. The third-order valence-electron chi connectivity index (χ3n) is 8.26. The average Bonchev–Trinajstić information content (AvgIpc) is 3.20. The van der Waals surface area contributed by atoms with Gasteiger partial charge in [0.2, 0.25) is 5.91 Å². The van der Waals surface area contributed by atoms with Gasteiger partial charge in [-0.1, -0.05) is 18.1 Å². The molecule has 0 spiro atoms. The Morgan fingerprint density at radius 2 is 2.10 bits per heavy atom. The van der Waals surface area contributed by atoms with Crippen molar-refractivity contribution in [2.45, 2.75) is 57.2 Å². The van der Waals surface area contributed by atoms with Crippen LogP contribution in [0.2, 0.25) is 0 Å². The molecule has 3 saturated heterocycles. The Morgan fingerprint density at radius 3 is 3.00 bits per heavy atom. The number of benzene rings is 1. The van der Waals surface area contributed by atoms with Crippen LogP contribution in [0.1, 0.15) is 38.5 Å². The molecule has 6 rings (SSSR count). The molecule has 164 valence electrons. The maximum Gasteiger partial charge on any atom is 0.243 e. The molecule has 2 bridgehead atoms. The predicted molar refractivity (Wildman–Crippen MR) is 122 cm³/mol. The zero-order valence-electron chi connectivity index (χ0n) is 18.5. The molecule has 4 atom stereocenters. The van der Waals surface area contributed by atoms with Gasteiger partial charge in [-0.15, -0.1) is 0 Å². The summed E-state index contributed by atoms with van der Waals surface area (Å²) in [6.07, 6.45) is 12.3. The molecule has 1 aliphatic carbocycles. The summed E-state index contributed by atoms with van der Waals surface area (Å²) in [6.45, 7) is 3.75. The van der Waals surface area contributed by atoms with Crippen LogP contribution in [0, 0.1) is 11.8 Å². The third-order valence-corrected chi connectivity index (χ3v) is 8.26. The van der Waals surface area contributed by atoms with Gasteiger partial charge in [0.15, 0.2) is 0 Å². The highest BCUT2D eigenvalue weighted by molar-refractivity contribution is 5.84. The first-order valence-electron chi connectivity index (χ1n) is 12.1. The summed E-state index contributed by atoms with van der Waals surface area (Å²) >= 11 is 0. The number of aromatic nitrogens is 1. The lowest BCUT2D eigenvalue weighted by atomic mass is 9.68. The first-order valence-corrected chi connectivity index (χ1v) is 12.1. The fourth-order valence-corrected chi connectivity index (χ4v) is 6.93. The van der Waals surface area contributed by atoms with E-state index in [1.807, 2.05) is 18.3 Å². The number of methoxy groups -OCH3 is 1. The van der Waals surface area contributed by atoms with Crippen molar-refractivity contribution >= 4 is 16.8 Å². The highest BCUT2D eigenvalue weighted by Gasteiger charge is 2.46. The van der Waals surface area contributed by atoms with E-state index in [0.29, 0.717) is 24.4 Å². The van der Waals surface area contributed by atoms with Gasteiger partial charge in [0.1, 0.15) is 12.3 Å². The highest BCUT2D eigenvalue weighted by atomic mass is 16.5. The molecule has 5 heteroatoms. The summed E-state index contributed by atoms with van der Waals surface area (Å²) in [7, 11) is 1.69. The van der Waals surface area contributed by atoms with Crippen molar-refractivity contribution in [3.63, 3.8) is 0 Å². The first-order chi connectivity index (χ1) is 15.2. The zero-order chi connectivity index (χ0) is 20.9. The number of fused-ring (bicyclic) bond motifs is 7. The molecule has 4 aliphatic rings. The van der Waals surface area contributed by atoms with Crippen molar-refractivity contribution in [3.05, 3.63) is 42.1 Å². The fraction of sp³-hybridized carbons (Fsp3) is 0.577. The van der Waals surface area contributed by atoms with E-state index in [1.54, 1.807) is 12.7 Å². The van der Waals surface area contributed by atoms with E-state index in [4.69, 9.17) is 4.74 Å². The van der Waals surface area contributed by atoms with E-state index >= 15 is 0 Å². The van der Waals surface area contributed by atoms with Crippen LogP contribution in [0.3, 0.4) is 0 Å². The van der Waals surface area contributed by atoms with E-state index in [1.165, 1.54) is 45.2 Å². The lowest BCUT2D eigenvalue weighted by Gasteiger charge is -2.54. The first kappa shape index (κ1) is 19.4. The zero-order valence-corrected chi connectivity index (χ0v) is 18.5. The Hall–Kier alpha value is -2.27. The van der Waals surface area contributed by atoms with Crippen molar-refractivity contribution < 1.29 is 9.53 Å². The minimum absolute atomic E-state index is 0.267. The van der Waals surface area contributed by atoms with Gasteiger partial charge in [0, 0.05) is 36.2 Å². The summed E-state index contributed by atoms with van der Waals surface area (Å²) < 4.78 is 7.45. The van der Waals surface area contributed by atoms with Crippen LogP contribution in [-0.2, 0) is 11.3 Å². The molecular weight excluding hydrogens is 386 g/mol. The van der Waals surface area contributed by atoms with Crippen LogP contribution in [0.15, 0.2) is 42.1 Å². The number of rotatable bonds is 3. The number of hydrogen-bond acceptors (Lipinski definition) is 3. The number of ether oxygens (including phenoxy) is 1. The monoisotopic (exact) mass is 419 g/mol. The van der Waals surface area contributed by atoms with Gasteiger partial charge < -0.3 is 14.2 Å². The summed E-state index contributed by atoms with van der Waals surface area (Å²) in [5.74, 6) is 2.44. The van der Waals surface area contributed by atoms with Crippen LogP contribution >= 0.6 is 0 Å². The van der Waals surface area contributed by atoms with Crippen LogP contribution < -0.4 is 4.74 Å². The molecule has 0 saturated carbocycles. The molecule has 1 aromatic carbocycles. The second-order valence-electron chi connectivity index (χ2n) is 9.96. The van der Waals surface area contributed by atoms with Crippen molar-refractivity contribution in [1.29, 1.82) is 0 Å². The summed E-state index contributed by atoms with van der Waals surface area (Å²) in [4.78, 5) is 18.6. The van der Waals surface area contributed by atoms with Crippen molar-refractivity contribution in [2.24, 2.45) is 11.8 Å². The Bertz CT molecular complexity index is 1020. The summed E-state index contributed by atoms with van der Waals surface area (Å²) in [5.41, 5.74) is 2.66. The number of nitrogens with zero attached hydrogens (tertiary/aromatic N) is 3. The highest BCUT2D eigenvalue weighted by Crippen LogP contribution is 2.45. The van der Waals surface area contributed by atoms with Gasteiger partial charge in [-0.3, -0.25) is 9.69 Å². The molecular formula is C26H33N3O2. The molecule has 3 aliphatic heterocycles. The minimum Gasteiger partial charge on any atom is -0.497 e. The van der Waals surface area contributed by atoms with Gasteiger partial charge in [-0.25, -0.2) is 0 Å². The molecule has 2 aromatic rings. The predicted octanol–water partition coefficient (Wildman–Crippen LogP) is 4.07. The normalized spacial score (nSPS) is 30.5. The van der Waals surface area contributed by atoms with Crippen molar-refractivity contribution in [1.82, 2.24) is 14.4 Å². The van der Waals surface area contributed by atoms with Gasteiger partial charge in [0.05, 0.1) is 13.2 Å². The number of carbonyl (C=O) groups excluding carboxylic acids is 1. The molecule has 0 N–H and O–H groups in total. The van der Waals surface area contributed by atoms with E-state index in [9.17, 15) is 4.79 Å². The second-order valence-corrected chi connectivity index (χ2v) is 9.96. The molecule has 4 heterocycles. The molecule has 1 aromatic heterocycles. The summed E-state index contributed by atoms with van der Waals surface area (Å²) in [6, 6.07) is 9.23. The largest absolute Gasteiger partial charge is 0.497 e. The van der Waals surface area contributed by atoms with Crippen LogP contribution in [0.4, 0.5) is 0 Å². The molecule has 1 amide bonds. The Balaban J connectivity index is 1.25. The third kappa shape index (κ3) is 3.29. The Morgan fingerprint density at radius 1 is 1.16 bits per heavy atom. The van der Waals surface area contributed by atoms with Crippen molar-refractivity contribution in [2.75, 3.05) is 26.7 Å². The molecule has 2 unspecified atom stereocenters. The second kappa shape index (κ2) is 7.70. The SMILES string of the molecule is COc1ccc2c(ccn2CC(=O)N2CCCC3=C[C@H]4C[C@@H](CN5CCCCC45)C32)c1. The van der Waals surface area contributed by atoms with E-state index in [0.717, 1.165) is 35.7 Å². The van der Waals surface area contributed by atoms with Gasteiger partial charge >= 0.3 is 0 Å². The smallest absolute Gasteiger partial charge is 0.243 e. The van der Waals surface area contributed by atoms with Crippen molar-refractivity contribution in [3.8, 4) is 5.75 Å². The van der Waals surface area contributed by atoms with Crippen LogP contribution in [0.25, 0.3) is 10.9 Å². The minimum atomic E-state index is 0.267. The quantitative estimate of drug-likeness (QED) is 0.704. The van der Waals surface area contributed by atoms with Crippen LogP contribution in [-0.4, -0.2) is 59.1 Å². The number of piperidine rings is 3. The van der Waals surface area contributed by atoms with E-state index in [-0.39, 0.29) is 5.91 Å². The Kier molecular flexibility index (Phi) is 4.82. The lowest BCUT2D eigenvalue weighted by molar-refractivity contribution is -0.136. The van der Waals surface area contributed by atoms with Gasteiger partial charge in [-0.2, -0.15) is 0 Å². The number of likely N-dealkylation sites (tertiary alicyclic amines) is 1. The number of amides is 1. The van der Waals surface area contributed by atoms with Gasteiger partial charge in [-0.05, 0) is 74.8 Å². The maximum atomic E-state index is 13.6. The number of carbonyl (C=O) groups is 1. The van der Waals surface area contributed by atoms with E-state index < -0.39 is 0 Å². The Labute approximate surface area is 184 Å². The molecule has 0 radical (unpaired) electrons. The number of hydrogen-bond donors (Lipinski definition) is 0. The molecule has 5 nitrogen and oxygen atoms in total. The fourth-order valence-electron chi connectivity index (χ4n) is 6.93. The maximum absolute atomic E-state index is 13.6. The van der Waals surface area contributed by atoms with Crippen LogP contribution in [0.5, 0.6) is 5.75 Å². The molecule has 31 heavy (non-hydrogen) atoms.